The number of hydrogen-bond acceptors (Lipinski definition) is 4. The van der Waals surface area contributed by atoms with Gasteiger partial charge in [0, 0.05) is 5.54 Å². The van der Waals surface area contributed by atoms with Crippen molar-refractivity contribution in [2.24, 2.45) is 0 Å². The van der Waals surface area contributed by atoms with Crippen LogP contribution in [0.5, 0.6) is 5.88 Å². The van der Waals surface area contributed by atoms with Crippen LogP contribution in [0.15, 0.2) is 12.4 Å². The van der Waals surface area contributed by atoms with E-state index in [1.54, 1.807) is 0 Å². The minimum atomic E-state index is -4.73. The summed E-state index contributed by atoms with van der Waals surface area (Å²) >= 11 is 0. The van der Waals surface area contributed by atoms with Gasteiger partial charge in [-0.1, -0.05) is 0 Å². The van der Waals surface area contributed by atoms with Gasteiger partial charge in [-0.2, -0.15) is 0 Å². The molecule has 94 valence electrons. The summed E-state index contributed by atoms with van der Waals surface area (Å²) in [5.74, 6) is -0.0939. The minimum Gasteiger partial charge on any atom is -0.386 e. The molecule has 2 rings (SSSR count). The Balaban J connectivity index is 1.98. The van der Waals surface area contributed by atoms with Crippen LogP contribution in [0.25, 0.3) is 0 Å². The lowest BCUT2D eigenvalue weighted by atomic mass is 9.78. The number of nitrogens with one attached hydrogen (secondary N) is 1. The van der Waals surface area contributed by atoms with Crippen molar-refractivity contribution in [3.05, 3.63) is 12.4 Å². The molecular weight excluding hydrogens is 235 g/mol. The topological polar surface area (TPSA) is 47.0 Å². The predicted molar refractivity (Wildman–Crippen MR) is 54.6 cm³/mol. The summed E-state index contributed by atoms with van der Waals surface area (Å²) in [7, 11) is 0. The molecule has 1 heterocycles. The molecule has 1 aliphatic carbocycles. The van der Waals surface area contributed by atoms with Crippen molar-refractivity contribution in [2.75, 3.05) is 5.32 Å². The normalized spacial score (nSPS) is 18.4. The highest BCUT2D eigenvalue weighted by molar-refractivity contribution is 5.36. The Kier molecular flexibility index (Phi) is 2.84. The van der Waals surface area contributed by atoms with Crippen molar-refractivity contribution in [1.29, 1.82) is 0 Å². The Morgan fingerprint density at radius 3 is 2.41 bits per heavy atom. The highest BCUT2D eigenvalue weighted by atomic mass is 19.4. The summed E-state index contributed by atoms with van der Waals surface area (Å²) in [5, 5.41) is 3.13. The molecule has 1 N–H and O–H groups in total. The van der Waals surface area contributed by atoms with Crippen molar-refractivity contribution in [1.82, 2.24) is 9.97 Å². The fraction of sp³-hybridized carbons (Fsp3) is 0.600. The minimum absolute atomic E-state index is 0.0128. The van der Waals surface area contributed by atoms with Gasteiger partial charge >= 0.3 is 6.36 Å². The third-order valence-electron chi connectivity index (χ3n) is 2.74. The number of halogens is 3. The van der Waals surface area contributed by atoms with E-state index in [2.05, 4.69) is 20.0 Å². The van der Waals surface area contributed by atoms with E-state index in [0.717, 1.165) is 25.5 Å². The van der Waals surface area contributed by atoms with Gasteiger partial charge < -0.3 is 10.1 Å². The van der Waals surface area contributed by atoms with E-state index < -0.39 is 12.2 Å². The lowest BCUT2D eigenvalue weighted by molar-refractivity contribution is -0.276. The van der Waals surface area contributed by atoms with Gasteiger partial charge in [0.05, 0.1) is 12.4 Å². The van der Waals surface area contributed by atoms with Crippen LogP contribution < -0.4 is 10.1 Å². The maximum atomic E-state index is 11.9. The first-order chi connectivity index (χ1) is 7.86. The second kappa shape index (κ2) is 4.05. The summed E-state index contributed by atoms with van der Waals surface area (Å²) in [5.41, 5.74) is -0.0128. The summed E-state index contributed by atoms with van der Waals surface area (Å²) in [6.07, 6.45) is 0.656. The molecule has 0 atom stereocenters. The van der Waals surface area contributed by atoms with Gasteiger partial charge in [0.25, 0.3) is 0 Å². The number of anilines is 1. The standard InChI is InChI=1S/C10H12F3N3O/c1-9(3-2-4-9)16-7-5-15-8(6-14-7)17-10(11,12)13/h5-6H,2-4H2,1H3,(H,14,16). The molecule has 7 heteroatoms. The van der Waals surface area contributed by atoms with Gasteiger partial charge in [0.2, 0.25) is 5.88 Å². The van der Waals surface area contributed by atoms with E-state index in [0.29, 0.717) is 5.82 Å². The number of rotatable bonds is 3. The molecule has 0 radical (unpaired) electrons. The van der Waals surface area contributed by atoms with Crippen LogP contribution in [0, 0.1) is 0 Å². The molecule has 0 saturated heterocycles. The summed E-state index contributed by atoms with van der Waals surface area (Å²) < 4.78 is 39.2. The molecule has 0 aliphatic heterocycles. The van der Waals surface area contributed by atoms with Crippen molar-refractivity contribution >= 4 is 5.82 Å². The molecule has 4 nitrogen and oxygen atoms in total. The molecule has 0 amide bonds. The lowest BCUT2D eigenvalue weighted by Crippen LogP contribution is -2.41. The number of hydrogen-bond donors (Lipinski definition) is 1. The van der Waals surface area contributed by atoms with Gasteiger partial charge in [-0.3, -0.25) is 0 Å². The molecule has 1 fully saturated rings. The molecule has 0 bridgehead atoms. The Hall–Kier alpha value is -1.53. The maximum absolute atomic E-state index is 11.9. The monoisotopic (exact) mass is 247 g/mol. The quantitative estimate of drug-likeness (QED) is 0.892. The summed E-state index contributed by atoms with van der Waals surface area (Å²) in [4.78, 5) is 7.37. The van der Waals surface area contributed by atoms with Crippen LogP contribution in [0.2, 0.25) is 0 Å². The molecule has 17 heavy (non-hydrogen) atoms. The van der Waals surface area contributed by atoms with Crippen LogP contribution in [0.4, 0.5) is 19.0 Å². The number of nitrogens with zero attached hydrogens (tertiary/aromatic N) is 2. The van der Waals surface area contributed by atoms with Gasteiger partial charge in [-0.05, 0) is 26.2 Å². The summed E-state index contributed by atoms with van der Waals surface area (Å²) in [6, 6.07) is 0. The van der Waals surface area contributed by atoms with Crippen molar-refractivity contribution in [2.45, 2.75) is 38.1 Å². The number of ether oxygens (including phenoxy) is 1. The van der Waals surface area contributed by atoms with Crippen molar-refractivity contribution < 1.29 is 17.9 Å². The Morgan fingerprint density at radius 2 is 2.00 bits per heavy atom. The summed E-state index contributed by atoms with van der Waals surface area (Å²) in [6.45, 7) is 2.04. The Morgan fingerprint density at radius 1 is 1.29 bits per heavy atom. The van der Waals surface area contributed by atoms with E-state index in [-0.39, 0.29) is 5.54 Å². The van der Waals surface area contributed by atoms with Gasteiger partial charge in [-0.25, -0.2) is 9.97 Å². The molecule has 0 unspecified atom stereocenters. The lowest BCUT2D eigenvalue weighted by Gasteiger charge is -2.39. The molecule has 0 spiro atoms. The molecule has 0 aromatic carbocycles. The first-order valence-corrected chi connectivity index (χ1v) is 5.22. The smallest absolute Gasteiger partial charge is 0.386 e. The van der Waals surface area contributed by atoms with E-state index in [1.807, 2.05) is 6.92 Å². The number of alkyl halides is 3. The third-order valence-corrected chi connectivity index (χ3v) is 2.74. The van der Waals surface area contributed by atoms with E-state index >= 15 is 0 Å². The average Bonchev–Trinajstić information content (AvgIpc) is 2.16. The molecular formula is C10H12F3N3O. The fourth-order valence-corrected chi connectivity index (χ4v) is 1.69. The van der Waals surface area contributed by atoms with Crippen molar-refractivity contribution in [3.63, 3.8) is 0 Å². The zero-order chi connectivity index (χ0) is 12.5. The van der Waals surface area contributed by atoms with E-state index in [1.165, 1.54) is 6.20 Å². The van der Waals surface area contributed by atoms with Crippen LogP contribution in [-0.2, 0) is 0 Å². The predicted octanol–water partition coefficient (Wildman–Crippen LogP) is 2.73. The number of aromatic nitrogens is 2. The highest BCUT2D eigenvalue weighted by Crippen LogP contribution is 2.34. The highest BCUT2D eigenvalue weighted by Gasteiger charge is 2.33. The van der Waals surface area contributed by atoms with Crippen LogP contribution >= 0.6 is 0 Å². The van der Waals surface area contributed by atoms with Gasteiger partial charge in [0.1, 0.15) is 5.82 Å². The largest absolute Gasteiger partial charge is 0.574 e. The fourth-order valence-electron chi connectivity index (χ4n) is 1.69. The van der Waals surface area contributed by atoms with Gasteiger partial charge in [-0.15, -0.1) is 13.2 Å². The van der Waals surface area contributed by atoms with Crippen LogP contribution in [0.3, 0.4) is 0 Å². The molecule has 1 aromatic rings. The second-order valence-electron chi connectivity index (χ2n) is 4.33. The molecule has 1 aromatic heterocycles. The van der Waals surface area contributed by atoms with Crippen LogP contribution in [0.1, 0.15) is 26.2 Å². The zero-order valence-corrected chi connectivity index (χ0v) is 9.21. The van der Waals surface area contributed by atoms with Crippen LogP contribution in [-0.4, -0.2) is 21.9 Å². The second-order valence-corrected chi connectivity index (χ2v) is 4.33. The Labute approximate surface area is 96.2 Å². The third kappa shape index (κ3) is 3.21. The van der Waals surface area contributed by atoms with Crippen molar-refractivity contribution in [3.8, 4) is 5.88 Å². The van der Waals surface area contributed by atoms with E-state index in [4.69, 9.17) is 0 Å². The molecule has 1 aliphatic rings. The first kappa shape index (κ1) is 11.9. The zero-order valence-electron chi connectivity index (χ0n) is 9.21. The average molecular weight is 247 g/mol. The Bertz CT molecular complexity index is 387. The SMILES string of the molecule is CC1(Nc2cnc(OC(F)(F)F)cn2)CCC1. The molecule has 1 saturated carbocycles. The first-order valence-electron chi connectivity index (χ1n) is 5.22. The van der Waals surface area contributed by atoms with E-state index in [9.17, 15) is 13.2 Å². The van der Waals surface area contributed by atoms with Gasteiger partial charge in [0.15, 0.2) is 0 Å². The maximum Gasteiger partial charge on any atom is 0.574 e.